The summed E-state index contributed by atoms with van der Waals surface area (Å²) in [5.41, 5.74) is 1.97. The second kappa shape index (κ2) is 6.63. The van der Waals surface area contributed by atoms with Crippen molar-refractivity contribution in [1.82, 2.24) is 10.6 Å². The molecule has 1 aromatic rings. The predicted octanol–water partition coefficient (Wildman–Crippen LogP) is 2.13. The molecule has 5 nitrogen and oxygen atoms in total. The maximum Gasteiger partial charge on any atom is 0.272 e. The van der Waals surface area contributed by atoms with E-state index in [2.05, 4.69) is 10.6 Å². The quantitative estimate of drug-likeness (QED) is 0.631. The Bertz CT molecular complexity index is 442. The molecule has 1 fully saturated rings. The lowest BCUT2D eigenvalue weighted by Gasteiger charge is -2.23. The molecule has 2 N–H and O–H groups in total. The van der Waals surface area contributed by atoms with Gasteiger partial charge in [0.05, 0.1) is 4.92 Å². The fourth-order valence-corrected chi connectivity index (χ4v) is 2.54. The first-order valence-corrected chi connectivity index (χ1v) is 6.85. The number of nitro benzene ring substituents is 1. The highest BCUT2D eigenvalue weighted by atomic mass is 16.6. The molecule has 5 heteroatoms. The Kier molecular flexibility index (Phi) is 4.87. The number of benzene rings is 1. The molecule has 19 heavy (non-hydrogen) atoms. The van der Waals surface area contributed by atoms with Gasteiger partial charge in [-0.2, -0.15) is 0 Å². The summed E-state index contributed by atoms with van der Waals surface area (Å²) in [7, 11) is 0. The van der Waals surface area contributed by atoms with E-state index in [-0.39, 0.29) is 10.6 Å². The zero-order valence-electron chi connectivity index (χ0n) is 11.3. The van der Waals surface area contributed by atoms with Gasteiger partial charge in [-0.15, -0.1) is 0 Å². The van der Waals surface area contributed by atoms with Crippen LogP contribution in [-0.4, -0.2) is 24.1 Å². The van der Waals surface area contributed by atoms with Gasteiger partial charge in [-0.3, -0.25) is 10.1 Å². The molecule has 104 valence electrons. The van der Waals surface area contributed by atoms with Crippen LogP contribution >= 0.6 is 0 Å². The maximum absolute atomic E-state index is 10.9. The van der Waals surface area contributed by atoms with Crippen molar-refractivity contribution in [3.05, 3.63) is 39.4 Å². The van der Waals surface area contributed by atoms with Gasteiger partial charge in [0, 0.05) is 30.8 Å². The molecule has 0 bridgehead atoms. The first-order valence-electron chi connectivity index (χ1n) is 6.85. The topological polar surface area (TPSA) is 67.2 Å². The molecule has 1 aliphatic rings. The lowest BCUT2D eigenvalue weighted by Crippen LogP contribution is -2.41. The third-order valence-corrected chi connectivity index (χ3v) is 3.73. The normalized spacial score (nSPS) is 19.3. The van der Waals surface area contributed by atoms with E-state index in [1.165, 1.54) is 19.3 Å². The Morgan fingerprint density at radius 3 is 3.00 bits per heavy atom. The molecule has 0 radical (unpaired) electrons. The van der Waals surface area contributed by atoms with Gasteiger partial charge in [0.1, 0.15) is 0 Å². The molecule has 0 amide bonds. The van der Waals surface area contributed by atoms with Crippen LogP contribution in [0.5, 0.6) is 0 Å². The van der Waals surface area contributed by atoms with Crippen LogP contribution in [0.25, 0.3) is 0 Å². The van der Waals surface area contributed by atoms with Crippen LogP contribution in [0.4, 0.5) is 5.69 Å². The minimum absolute atomic E-state index is 0.204. The average molecular weight is 263 g/mol. The lowest BCUT2D eigenvalue weighted by atomic mass is 10.0. The molecule has 0 spiro atoms. The number of nitrogens with one attached hydrogen (secondary N) is 2. The standard InChI is InChI=1S/C14H21N3O2/c1-11-12(5-4-7-14(11)17(18)19)9-15-10-13-6-2-3-8-16-13/h4-5,7,13,15-16H,2-3,6,8-10H2,1H3. The lowest BCUT2D eigenvalue weighted by molar-refractivity contribution is -0.385. The second-order valence-corrected chi connectivity index (χ2v) is 5.10. The van der Waals surface area contributed by atoms with E-state index in [9.17, 15) is 10.1 Å². The van der Waals surface area contributed by atoms with Crippen LogP contribution in [0.15, 0.2) is 18.2 Å². The molecular weight excluding hydrogens is 242 g/mol. The van der Waals surface area contributed by atoms with Gasteiger partial charge >= 0.3 is 0 Å². The number of hydrogen-bond donors (Lipinski definition) is 2. The van der Waals surface area contributed by atoms with E-state index in [0.29, 0.717) is 12.6 Å². The van der Waals surface area contributed by atoms with Crippen molar-refractivity contribution in [2.24, 2.45) is 0 Å². The van der Waals surface area contributed by atoms with E-state index < -0.39 is 0 Å². The van der Waals surface area contributed by atoms with E-state index in [4.69, 9.17) is 0 Å². The molecule has 1 atom stereocenters. The predicted molar refractivity (Wildman–Crippen MR) is 75.2 cm³/mol. The fourth-order valence-electron chi connectivity index (χ4n) is 2.54. The Hall–Kier alpha value is -1.46. The smallest absolute Gasteiger partial charge is 0.272 e. The highest BCUT2D eigenvalue weighted by Crippen LogP contribution is 2.20. The van der Waals surface area contributed by atoms with Crippen LogP contribution in [-0.2, 0) is 6.54 Å². The average Bonchev–Trinajstić information content (AvgIpc) is 2.41. The van der Waals surface area contributed by atoms with E-state index in [1.54, 1.807) is 12.1 Å². The maximum atomic E-state index is 10.9. The number of nitro groups is 1. The summed E-state index contributed by atoms with van der Waals surface area (Å²) in [6.07, 6.45) is 3.76. The summed E-state index contributed by atoms with van der Waals surface area (Å²) in [5.74, 6) is 0. The fraction of sp³-hybridized carbons (Fsp3) is 0.571. The van der Waals surface area contributed by atoms with Crippen molar-refractivity contribution < 1.29 is 4.92 Å². The summed E-state index contributed by atoms with van der Waals surface area (Å²) in [6.45, 7) is 4.52. The summed E-state index contributed by atoms with van der Waals surface area (Å²) in [6, 6.07) is 5.79. The van der Waals surface area contributed by atoms with E-state index in [0.717, 1.165) is 24.2 Å². The van der Waals surface area contributed by atoms with Crippen molar-refractivity contribution in [3.63, 3.8) is 0 Å². The molecule has 0 aromatic heterocycles. The minimum atomic E-state index is -0.318. The SMILES string of the molecule is Cc1c(CNCC2CCCCN2)cccc1[N+](=O)[O-]. The van der Waals surface area contributed by atoms with Crippen molar-refractivity contribution in [1.29, 1.82) is 0 Å². The van der Waals surface area contributed by atoms with Gasteiger partial charge in [-0.25, -0.2) is 0 Å². The molecule has 1 heterocycles. The van der Waals surface area contributed by atoms with Crippen LogP contribution in [0.1, 0.15) is 30.4 Å². The first kappa shape index (κ1) is 14.0. The third kappa shape index (κ3) is 3.75. The molecule has 1 aromatic carbocycles. The summed E-state index contributed by atoms with van der Waals surface area (Å²) in [4.78, 5) is 10.6. The van der Waals surface area contributed by atoms with Crippen molar-refractivity contribution in [2.45, 2.75) is 38.8 Å². The van der Waals surface area contributed by atoms with Crippen molar-refractivity contribution >= 4 is 5.69 Å². The number of piperidine rings is 1. The highest BCUT2D eigenvalue weighted by molar-refractivity contribution is 5.44. The molecule has 0 aliphatic carbocycles. The van der Waals surface area contributed by atoms with Gasteiger partial charge < -0.3 is 10.6 Å². The zero-order chi connectivity index (χ0) is 13.7. The number of nitrogens with zero attached hydrogens (tertiary/aromatic N) is 1. The van der Waals surface area contributed by atoms with Crippen molar-refractivity contribution in [2.75, 3.05) is 13.1 Å². The van der Waals surface area contributed by atoms with Gasteiger partial charge in [-0.1, -0.05) is 18.6 Å². The molecule has 0 saturated carbocycles. The van der Waals surface area contributed by atoms with Gasteiger partial charge in [0.25, 0.3) is 5.69 Å². The van der Waals surface area contributed by atoms with Gasteiger partial charge in [0.2, 0.25) is 0 Å². The van der Waals surface area contributed by atoms with Crippen LogP contribution < -0.4 is 10.6 Å². The van der Waals surface area contributed by atoms with Gasteiger partial charge in [-0.05, 0) is 31.9 Å². The van der Waals surface area contributed by atoms with Gasteiger partial charge in [0.15, 0.2) is 0 Å². The van der Waals surface area contributed by atoms with E-state index in [1.807, 2.05) is 13.0 Å². The Morgan fingerprint density at radius 1 is 1.47 bits per heavy atom. The third-order valence-electron chi connectivity index (χ3n) is 3.73. The van der Waals surface area contributed by atoms with Crippen LogP contribution in [0, 0.1) is 17.0 Å². The monoisotopic (exact) mass is 263 g/mol. The summed E-state index contributed by atoms with van der Waals surface area (Å²) >= 11 is 0. The number of hydrogen-bond acceptors (Lipinski definition) is 4. The Labute approximate surface area is 113 Å². The van der Waals surface area contributed by atoms with Crippen LogP contribution in [0.2, 0.25) is 0 Å². The van der Waals surface area contributed by atoms with Crippen LogP contribution in [0.3, 0.4) is 0 Å². The second-order valence-electron chi connectivity index (χ2n) is 5.10. The van der Waals surface area contributed by atoms with E-state index >= 15 is 0 Å². The Morgan fingerprint density at radius 2 is 2.32 bits per heavy atom. The first-order chi connectivity index (χ1) is 9.18. The number of rotatable bonds is 5. The molecule has 1 saturated heterocycles. The van der Waals surface area contributed by atoms with Crippen molar-refractivity contribution in [3.8, 4) is 0 Å². The Balaban J connectivity index is 1.88. The largest absolute Gasteiger partial charge is 0.313 e. The summed E-state index contributed by atoms with van der Waals surface area (Å²) < 4.78 is 0. The summed E-state index contributed by atoms with van der Waals surface area (Å²) in [5, 5.41) is 17.7. The molecule has 2 rings (SSSR count). The minimum Gasteiger partial charge on any atom is -0.313 e. The highest BCUT2D eigenvalue weighted by Gasteiger charge is 2.14. The molecular formula is C14H21N3O2. The molecule has 1 unspecified atom stereocenters. The zero-order valence-corrected chi connectivity index (χ0v) is 11.3. The molecule has 1 aliphatic heterocycles.